The van der Waals surface area contributed by atoms with E-state index in [0.29, 0.717) is 16.3 Å². The second kappa shape index (κ2) is 6.93. The molecule has 1 aliphatic heterocycles. The molecule has 0 saturated carbocycles. The number of benzene rings is 1. The average molecular weight is 337 g/mol. The minimum absolute atomic E-state index is 0.00768. The predicted molar refractivity (Wildman–Crippen MR) is 84.1 cm³/mol. The fourth-order valence-corrected chi connectivity index (χ4v) is 3.17. The number of hydrogen-bond acceptors (Lipinski definition) is 6. The zero-order valence-corrected chi connectivity index (χ0v) is 13.3. The molecular weight excluding hydrogens is 321 g/mol. The van der Waals surface area contributed by atoms with Gasteiger partial charge in [-0.3, -0.25) is 15.6 Å². The summed E-state index contributed by atoms with van der Waals surface area (Å²) in [5.74, 6) is -0.435. The molecule has 2 N–H and O–H groups in total. The van der Waals surface area contributed by atoms with Crippen LogP contribution in [0.1, 0.15) is 33.6 Å². The smallest absolute Gasteiger partial charge is 0.281 e. The van der Waals surface area contributed by atoms with E-state index in [1.165, 1.54) is 42.8 Å². The van der Waals surface area contributed by atoms with Gasteiger partial charge in [-0.1, -0.05) is 0 Å². The summed E-state index contributed by atoms with van der Waals surface area (Å²) in [5, 5.41) is 0.812. The number of methoxy groups -OCH3 is 1. The van der Waals surface area contributed by atoms with Crippen molar-refractivity contribution in [2.45, 2.75) is 18.9 Å². The third kappa shape index (κ3) is 3.59. The van der Waals surface area contributed by atoms with Crippen LogP contribution in [0.15, 0.2) is 24.4 Å². The van der Waals surface area contributed by atoms with Crippen LogP contribution in [0.4, 0.5) is 10.1 Å². The molecule has 8 heteroatoms. The summed E-state index contributed by atoms with van der Waals surface area (Å²) in [7, 11) is 1.43. The van der Waals surface area contributed by atoms with Crippen molar-refractivity contribution in [2.24, 2.45) is 0 Å². The molecule has 0 aliphatic carbocycles. The fraction of sp³-hybridized carbons (Fsp3) is 0.333. The highest BCUT2D eigenvalue weighted by Crippen LogP contribution is 2.31. The van der Waals surface area contributed by atoms with Crippen LogP contribution in [0.3, 0.4) is 0 Å². The van der Waals surface area contributed by atoms with Crippen LogP contribution < -0.4 is 15.6 Å². The molecule has 1 atom stereocenters. The minimum atomic E-state index is -0.414. The van der Waals surface area contributed by atoms with Gasteiger partial charge in [0.05, 0.1) is 19.0 Å². The van der Waals surface area contributed by atoms with Crippen LogP contribution in [-0.4, -0.2) is 24.6 Å². The van der Waals surface area contributed by atoms with Gasteiger partial charge in [-0.2, -0.15) is 0 Å². The molecule has 2 aromatic rings. The second-order valence-corrected chi connectivity index (χ2v) is 6.05. The Bertz CT molecular complexity index is 701. The van der Waals surface area contributed by atoms with Gasteiger partial charge in [-0.25, -0.2) is 9.37 Å². The van der Waals surface area contributed by atoms with E-state index < -0.39 is 5.82 Å². The summed E-state index contributed by atoms with van der Waals surface area (Å²) < 4.78 is 23.7. The molecule has 1 fully saturated rings. The Morgan fingerprint density at radius 1 is 1.52 bits per heavy atom. The van der Waals surface area contributed by atoms with Gasteiger partial charge in [0.15, 0.2) is 0 Å². The number of hydrogen-bond donors (Lipinski definition) is 2. The fourth-order valence-electron chi connectivity index (χ4n) is 2.27. The first-order valence-electron chi connectivity index (χ1n) is 7.14. The molecule has 23 heavy (non-hydrogen) atoms. The van der Waals surface area contributed by atoms with Crippen molar-refractivity contribution in [1.82, 2.24) is 10.4 Å². The standard InChI is InChI=1S/C15H16FN3O3S/c1-21-12-7-9(16)4-5-10(12)18-19-14(20)13-8-17-15(23-13)11-3-2-6-22-11/h4-5,7-8,11,18H,2-3,6H2,1H3,(H,19,20)/t11-/m0/s1. The van der Waals surface area contributed by atoms with Gasteiger partial charge in [0.1, 0.15) is 27.6 Å². The number of carbonyl (C=O) groups excluding carboxylic acids is 1. The minimum Gasteiger partial charge on any atom is -0.494 e. The quantitative estimate of drug-likeness (QED) is 0.821. The number of thiazole rings is 1. The van der Waals surface area contributed by atoms with Crippen molar-refractivity contribution in [3.8, 4) is 5.75 Å². The molecule has 2 heterocycles. The molecule has 0 unspecified atom stereocenters. The maximum atomic E-state index is 13.1. The summed E-state index contributed by atoms with van der Waals surface area (Å²) in [4.78, 5) is 16.9. The Kier molecular flexibility index (Phi) is 4.73. The summed E-state index contributed by atoms with van der Waals surface area (Å²) >= 11 is 1.31. The number of amides is 1. The molecule has 1 saturated heterocycles. The number of hydrazine groups is 1. The monoisotopic (exact) mass is 337 g/mol. The Hall–Kier alpha value is -2.19. The van der Waals surface area contributed by atoms with Gasteiger partial charge in [0.2, 0.25) is 0 Å². The normalized spacial score (nSPS) is 17.0. The molecule has 0 spiro atoms. The third-order valence-corrected chi connectivity index (χ3v) is 4.51. The van der Waals surface area contributed by atoms with E-state index in [2.05, 4.69) is 15.8 Å². The van der Waals surface area contributed by atoms with Gasteiger partial charge < -0.3 is 9.47 Å². The van der Waals surface area contributed by atoms with E-state index in [9.17, 15) is 9.18 Å². The molecule has 1 aromatic heterocycles. The van der Waals surface area contributed by atoms with Crippen LogP contribution in [0.25, 0.3) is 0 Å². The van der Waals surface area contributed by atoms with E-state index in [1.807, 2.05) is 0 Å². The number of anilines is 1. The van der Waals surface area contributed by atoms with Crippen molar-refractivity contribution in [1.29, 1.82) is 0 Å². The van der Waals surface area contributed by atoms with E-state index in [0.717, 1.165) is 24.5 Å². The lowest BCUT2D eigenvalue weighted by molar-refractivity contribution is 0.0966. The van der Waals surface area contributed by atoms with Crippen molar-refractivity contribution < 1.29 is 18.7 Å². The zero-order chi connectivity index (χ0) is 16.2. The van der Waals surface area contributed by atoms with Crippen LogP contribution in [0, 0.1) is 5.82 Å². The highest BCUT2D eigenvalue weighted by atomic mass is 32.1. The molecule has 1 aliphatic rings. The number of aromatic nitrogens is 1. The zero-order valence-electron chi connectivity index (χ0n) is 12.5. The molecule has 6 nitrogen and oxygen atoms in total. The van der Waals surface area contributed by atoms with Crippen molar-refractivity contribution in [2.75, 3.05) is 19.1 Å². The summed E-state index contributed by atoms with van der Waals surface area (Å²) in [6.45, 7) is 0.734. The first-order valence-corrected chi connectivity index (χ1v) is 7.96. The highest BCUT2D eigenvalue weighted by Gasteiger charge is 2.22. The number of nitrogens with one attached hydrogen (secondary N) is 2. The molecular formula is C15H16FN3O3S. The van der Waals surface area contributed by atoms with Gasteiger partial charge in [0, 0.05) is 12.7 Å². The summed E-state index contributed by atoms with van der Waals surface area (Å²) in [5.41, 5.74) is 5.74. The van der Waals surface area contributed by atoms with Gasteiger partial charge in [-0.15, -0.1) is 11.3 Å². The number of carbonyl (C=O) groups is 1. The maximum Gasteiger partial charge on any atom is 0.281 e. The first-order chi connectivity index (χ1) is 11.2. The van der Waals surface area contributed by atoms with E-state index in [-0.39, 0.29) is 12.0 Å². The number of halogens is 1. The molecule has 1 aromatic carbocycles. The van der Waals surface area contributed by atoms with Crippen LogP contribution in [0.5, 0.6) is 5.75 Å². The SMILES string of the molecule is COc1cc(F)ccc1NNC(=O)c1cnc([C@@H]2CCCO2)s1. The topological polar surface area (TPSA) is 72.5 Å². The van der Waals surface area contributed by atoms with E-state index >= 15 is 0 Å². The summed E-state index contributed by atoms with van der Waals surface area (Å²) in [6.07, 6.45) is 3.46. The van der Waals surface area contributed by atoms with Crippen LogP contribution in [-0.2, 0) is 4.74 Å². The Morgan fingerprint density at radius 2 is 2.39 bits per heavy atom. The van der Waals surface area contributed by atoms with Gasteiger partial charge >= 0.3 is 0 Å². The lowest BCUT2D eigenvalue weighted by atomic mass is 10.2. The third-order valence-electron chi connectivity index (χ3n) is 3.43. The van der Waals surface area contributed by atoms with Crippen LogP contribution in [0.2, 0.25) is 0 Å². The molecule has 3 rings (SSSR count). The molecule has 1 amide bonds. The predicted octanol–water partition coefficient (Wildman–Crippen LogP) is 2.90. The maximum absolute atomic E-state index is 13.1. The van der Waals surface area contributed by atoms with Crippen molar-refractivity contribution in [3.63, 3.8) is 0 Å². The lowest BCUT2D eigenvalue weighted by Gasteiger charge is -2.11. The largest absolute Gasteiger partial charge is 0.494 e. The number of ether oxygens (including phenoxy) is 2. The summed E-state index contributed by atoms with van der Waals surface area (Å²) in [6, 6.07) is 3.99. The Labute approximate surface area is 136 Å². The first kappa shape index (κ1) is 15.7. The van der Waals surface area contributed by atoms with E-state index in [4.69, 9.17) is 9.47 Å². The second-order valence-electron chi connectivity index (χ2n) is 4.99. The molecule has 0 radical (unpaired) electrons. The molecule has 122 valence electrons. The molecule has 0 bridgehead atoms. The van der Waals surface area contributed by atoms with Crippen molar-refractivity contribution >= 4 is 22.9 Å². The van der Waals surface area contributed by atoms with Gasteiger partial charge in [0.25, 0.3) is 5.91 Å². The highest BCUT2D eigenvalue weighted by molar-refractivity contribution is 7.13. The van der Waals surface area contributed by atoms with Crippen LogP contribution >= 0.6 is 11.3 Å². The average Bonchev–Trinajstić information content (AvgIpc) is 3.23. The number of nitrogens with zero attached hydrogens (tertiary/aromatic N) is 1. The number of rotatable bonds is 5. The van der Waals surface area contributed by atoms with E-state index in [1.54, 1.807) is 0 Å². The Morgan fingerprint density at radius 3 is 3.13 bits per heavy atom. The van der Waals surface area contributed by atoms with Gasteiger partial charge in [-0.05, 0) is 25.0 Å². The lowest BCUT2D eigenvalue weighted by Crippen LogP contribution is -2.28. The Balaban J connectivity index is 1.63. The van der Waals surface area contributed by atoms with Crippen molar-refractivity contribution in [3.05, 3.63) is 40.1 Å².